The molecule has 1 fully saturated rings. The van der Waals surface area contributed by atoms with Crippen molar-refractivity contribution < 1.29 is 14.4 Å². The van der Waals surface area contributed by atoms with Crippen LogP contribution >= 0.6 is 17.0 Å². The third kappa shape index (κ3) is 3.04. The SMILES string of the molecule is Br.O=C(O)c1cc(CN2CCCC2)on1. The van der Waals surface area contributed by atoms with Gasteiger partial charge < -0.3 is 9.63 Å². The average Bonchev–Trinajstić information content (AvgIpc) is 2.75. The van der Waals surface area contributed by atoms with Crippen LogP contribution in [0.1, 0.15) is 29.1 Å². The van der Waals surface area contributed by atoms with Gasteiger partial charge in [-0.3, -0.25) is 4.90 Å². The maximum atomic E-state index is 10.5. The largest absolute Gasteiger partial charge is 0.476 e. The fraction of sp³-hybridized carbons (Fsp3) is 0.556. The maximum Gasteiger partial charge on any atom is 0.358 e. The van der Waals surface area contributed by atoms with Crippen molar-refractivity contribution >= 4 is 23.0 Å². The highest BCUT2D eigenvalue weighted by Gasteiger charge is 2.16. The van der Waals surface area contributed by atoms with Gasteiger partial charge in [-0.2, -0.15) is 0 Å². The highest BCUT2D eigenvalue weighted by atomic mass is 79.9. The maximum absolute atomic E-state index is 10.5. The Morgan fingerprint density at radius 2 is 2.20 bits per heavy atom. The van der Waals surface area contributed by atoms with Crippen molar-refractivity contribution in [2.24, 2.45) is 0 Å². The average molecular weight is 277 g/mol. The Morgan fingerprint density at radius 3 is 2.73 bits per heavy atom. The first-order valence-electron chi connectivity index (χ1n) is 4.67. The Hall–Kier alpha value is -0.880. The molecule has 1 aliphatic rings. The second-order valence-corrected chi connectivity index (χ2v) is 3.47. The smallest absolute Gasteiger partial charge is 0.358 e. The highest BCUT2D eigenvalue weighted by Crippen LogP contribution is 2.13. The lowest BCUT2D eigenvalue weighted by molar-refractivity contribution is 0.0685. The number of carboxylic acids is 1. The number of carbonyl (C=O) groups is 1. The molecule has 0 spiro atoms. The van der Waals surface area contributed by atoms with Crippen molar-refractivity contribution in [2.45, 2.75) is 19.4 Å². The molecule has 2 heterocycles. The summed E-state index contributed by atoms with van der Waals surface area (Å²) < 4.78 is 4.92. The molecule has 15 heavy (non-hydrogen) atoms. The van der Waals surface area contributed by atoms with E-state index in [-0.39, 0.29) is 22.7 Å². The topological polar surface area (TPSA) is 66.6 Å². The summed E-state index contributed by atoms with van der Waals surface area (Å²) in [5, 5.41) is 12.1. The van der Waals surface area contributed by atoms with Gasteiger partial charge in [0.1, 0.15) is 0 Å². The predicted molar refractivity (Wildman–Crippen MR) is 58.3 cm³/mol. The van der Waals surface area contributed by atoms with Gasteiger partial charge in [-0.05, 0) is 25.9 Å². The summed E-state index contributed by atoms with van der Waals surface area (Å²) in [7, 11) is 0. The van der Waals surface area contributed by atoms with Crippen LogP contribution in [-0.4, -0.2) is 34.2 Å². The van der Waals surface area contributed by atoms with Crippen molar-refractivity contribution in [3.8, 4) is 0 Å². The Morgan fingerprint density at radius 1 is 1.53 bits per heavy atom. The van der Waals surface area contributed by atoms with Gasteiger partial charge in [-0.1, -0.05) is 5.16 Å². The van der Waals surface area contributed by atoms with Crippen LogP contribution in [0.4, 0.5) is 0 Å². The summed E-state index contributed by atoms with van der Waals surface area (Å²) in [5.74, 6) is -0.411. The number of carboxylic acid groups (broad SMARTS) is 1. The van der Waals surface area contributed by atoms with Crippen LogP contribution in [0.3, 0.4) is 0 Å². The standard InChI is InChI=1S/C9H12N2O3.BrH/c12-9(13)8-5-7(14-10-8)6-11-3-1-2-4-11;/h5H,1-4,6H2,(H,12,13);1H. The lowest BCUT2D eigenvalue weighted by Crippen LogP contribution is -2.17. The van der Waals surface area contributed by atoms with E-state index in [1.54, 1.807) is 0 Å². The number of nitrogens with zero attached hydrogens (tertiary/aromatic N) is 2. The molecule has 5 nitrogen and oxygen atoms in total. The molecule has 1 N–H and O–H groups in total. The van der Waals surface area contributed by atoms with E-state index in [0.717, 1.165) is 13.1 Å². The van der Waals surface area contributed by atoms with Crippen LogP contribution in [0.25, 0.3) is 0 Å². The second kappa shape index (κ2) is 5.27. The number of likely N-dealkylation sites (tertiary alicyclic amines) is 1. The van der Waals surface area contributed by atoms with E-state index in [1.165, 1.54) is 18.9 Å². The van der Waals surface area contributed by atoms with Crippen LogP contribution < -0.4 is 0 Å². The molecule has 1 aliphatic heterocycles. The predicted octanol–water partition coefficient (Wildman–Crippen LogP) is 1.55. The molecule has 1 aromatic heterocycles. The van der Waals surface area contributed by atoms with Gasteiger partial charge >= 0.3 is 5.97 Å². The summed E-state index contributed by atoms with van der Waals surface area (Å²) in [6.45, 7) is 2.78. The fourth-order valence-electron chi connectivity index (χ4n) is 1.65. The summed E-state index contributed by atoms with van der Waals surface area (Å²) in [6, 6.07) is 1.49. The van der Waals surface area contributed by atoms with E-state index in [4.69, 9.17) is 9.63 Å². The summed E-state index contributed by atoms with van der Waals surface area (Å²) >= 11 is 0. The summed E-state index contributed by atoms with van der Waals surface area (Å²) in [4.78, 5) is 12.7. The first kappa shape index (κ1) is 12.2. The zero-order chi connectivity index (χ0) is 9.97. The van der Waals surface area contributed by atoms with Crippen LogP contribution in [0.2, 0.25) is 0 Å². The number of aromatic carboxylic acids is 1. The molecule has 6 heteroatoms. The zero-order valence-electron chi connectivity index (χ0n) is 8.18. The molecule has 0 radical (unpaired) electrons. The van der Waals surface area contributed by atoms with Gasteiger partial charge in [0.05, 0.1) is 6.54 Å². The van der Waals surface area contributed by atoms with E-state index < -0.39 is 5.97 Å². The quantitative estimate of drug-likeness (QED) is 0.907. The fourth-order valence-corrected chi connectivity index (χ4v) is 1.65. The number of aromatic nitrogens is 1. The molecule has 0 aromatic carbocycles. The first-order chi connectivity index (χ1) is 6.75. The summed E-state index contributed by atoms with van der Waals surface area (Å²) in [5.41, 5.74) is -0.0146. The lowest BCUT2D eigenvalue weighted by Gasteiger charge is -2.10. The van der Waals surface area contributed by atoms with E-state index in [1.807, 2.05) is 0 Å². The Kier molecular flexibility index (Phi) is 4.28. The lowest BCUT2D eigenvalue weighted by atomic mass is 10.3. The molecular formula is C9H13BrN2O3. The van der Waals surface area contributed by atoms with Crippen LogP contribution in [0.5, 0.6) is 0 Å². The molecule has 0 amide bonds. The Labute approximate surface area is 97.8 Å². The molecule has 0 unspecified atom stereocenters. The van der Waals surface area contributed by atoms with Gasteiger partial charge in [0, 0.05) is 6.07 Å². The molecule has 0 bridgehead atoms. The van der Waals surface area contributed by atoms with Gasteiger partial charge in [0.15, 0.2) is 11.5 Å². The van der Waals surface area contributed by atoms with Gasteiger partial charge in [-0.15, -0.1) is 17.0 Å². The molecule has 0 aliphatic carbocycles. The zero-order valence-corrected chi connectivity index (χ0v) is 9.89. The monoisotopic (exact) mass is 276 g/mol. The number of halogens is 1. The number of rotatable bonds is 3. The van der Waals surface area contributed by atoms with Crippen molar-refractivity contribution in [1.29, 1.82) is 0 Å². The second-order valence-electron chi connectivity index (χ2n) is 3.47. The van der Waals surface area contributed by atoms with Crippen LogP contribution in [0, 0.1) is 0 Å². The minimum atomic E-state index is -1.04. The normalized spacial score (nSPS) is 16.3. The van der Waals surface area contributed by atoms with Crippen molar-refractivity contribution in [3.05, 3.63) is 17.5 Å². The van der Waals surface area contributed by atoms with E-state index in [2.05, 4.69) is 10.1 Å². The Bertz CT molecular complexity index is 334. The minimum Gasteiger partial charge on any atom is -0.476 e. The molecule has 0 saturated carbocycles. The Balaban J connectivity index is 0.00000112. The van der Waals surface area contributed by atoms with E-state index >= 15 is 0 Å². The molecule has 2 rings (SSSR count). The van der Waals surface area contributed by atoms with Crippen molar-refractivity contribution in [2.75, 3.05) is 13.1 Å². The third-order valence-electron chi connectivity index (χ3n) is 2.36. The van der Waals surface area contributed by atoms with Crippen LogP contribution in [0.15, 0.2) is 10.6 Å². The van der Waals surface area contributed by atoms with Gasteiger partial charge in [0.2, 0.25) is 0 Å². The molecule has 1 saturated heterocycles. The minimum absolute atomic E-state index is 0. The van der Waals surface area contributed by atoms with Crippen molar-refractivity contribution in [1.82, 2.24) is 10.1 Å². The van der Waals surface area contributed by atoms with E-state index in [0.29, 0.717) is 12.3 Å². The number of hydrogen-bond donors (Lipinski definition) is 1. The van der Waals surface area contributed by atoms with Crippen LogP contribution in [-0.2, 0) is 6.54 Å². The number of hydrogen-bond acceptors (Lipinski definition) is 4. The van der Waals surface area contributed by atoms with E-state index in [9.17, 15) is 4.79 Å². The van der Waals surface area contributed by atoms with Gasteiger partial charge in [-0.25, -0.2) is 4.79 Å². The summed E-state index contributed by atoms with van der Waals surface area (Å²) in [6.07, 6.45) is 2.42. The first-order valence-corrected chi connectivity index (χ1v) is 4.67. The molecule has 84 valence electrons. The van der Waals surface area contributed by atoms with Crippen molar-refractivity contribution in [3.63, 3.8) is 0 Å². The molecule has 0 atom stereocenters. The van der Waals surface area contributed by atoms with Gasteiger partial charge in [0.25, 0.3) is 0 Å². The third-order valence-corrected chi connectivity index (χ3v) is 2.36. The molecule has 1 aromatic rings. The molecular weight excluding hydrogens is 264 g/mol. The highest BCUT2D eigenvalue weighted by molar-refractivity contribution is 8.93.